The first-order chi connectivity index (χ1) is 11.1. The van der Waals surface area contributed by atoms with Crippen LogP contribution in [0.1, 0.15) is 24.4 Å². The van der Waals surface area contributed by atoms with Crippen molar-refractivity contribution in [1.82, 2.24) is 9.62 Å². The van der Waals surface area contributed by atoms with Crippen LogP contribution in [0.4, 0.5) is 0 Å². The smallest absolute Gasteiger partial charge is 0.242 e. The number of nitrogens with one attached hydrogen (secondary N) is 1. The van der Waals surface area contributed by atoms with Gasteiger partial charge in [0.05, 0.1) is 5.02 Å². The first-order valence-corrected chi connectivity index (χ1v) is 10.4. The highest BCUT2D eigenvalue weighted by atomic mass is 35.5. The van der Waals surface area contributed by atoms with E-state index in [2.05, 4.69) is 21.1 Å². The zero-order chi connectivity index (χ0) is 16.3. The molecule has 7 heteroatoms. The number of thiophene rings is 1. The van der Waals surface area contributed by atoms with Gasteiger partial charge in [0.2, 0.25) is 10.0 Å². The standard InChI is InChI=1S/C16H19ClN2O2S2/c17-14-5-1-2-6-16(14)23(20,21)18-11-15(13-7-10-22-12-13)19-8-3-4-9-19/h1-2,5-7,10,12,15,18H,3-4,8-9,11H2. The number of rotatable bonds is 6. The molecule has 1 aromatic heterocycles. The van der Waals surface area contributed by atoms with Crippen molar-refractivity contribution in [2.45, 2.75) is 23.8 Å². The van der Waals surface area contributed by atoms with E-state index in [4.69, 9.17) is 11.6 Å². The fourth-order valence-corrected chi connectivity index (χ4v) is 5.17. The molecule has 1 N–H and O–H groups in total. The van der Waals surface area contributed by atoms with Gasteiger partial charge in [0.1, 0.15) is 4.90 Å². The van der Waals surface area contributed by atoms with Gasteiger partial charge in [-0.3, -0.25) is 4.90 Å². The molecule has 0 bridgehead atoms. The van der Waals surface area contributed by atoms with E-state index in [-0.39, 0.29) is 16.0 Å². The number of nitrogens with zero attached hydrogens (tertiary/aromatic N) is 1. The minimum absolute atomic E-state index is 0.0704. The molecular weight excluding hydrogens is 352 g/mol. The Bertz CT molecular complexity index is 741. The van der Waals surface area contributed by atoms with Crippen molar-refractivity contribution in [2.24, 2.45) is 0 Å². The van der Waals surface area contributed by atoms with E-state index in [1.165, 1.54) is 11.6 Å². The van der Waals surface area contributed by atoms with E-state index in [1.807, 2.05) is 5.38 Å². The summed E-state index contributed by atoms with van der Waals surface area (Å²) in [6.07, 6.45) is 2.33. The van der Waals surface area contributed by atoms with Crippen molar-refractivity contribution < 1.29 is 8.42 Å². The zero-order valence-electron chi connectivity index (χ0n) is 12.6. The predicted octanol–water partition coefficient (Wildman–Crippen LogP) is 3.52. The Morgan fingerprint density at radius 3 is 2.61 bits per heavy atom. The Labute approximate surface area is 146 Å². The average molecular weight is 371 g/mol. The van der Waals surface area contributed by atoms with Crippen molar-refractivity contribution >= 4 is 33.0 Å². The van der Waals surface area contributed by atoms with Crippen molar-refractivity contribution in [2.75, 3.05) is 19.6 Å². The van der Waals surface area contributed by atoms with Gasteiger partial charge in [0.25, 0.3) is 0 Å². The largest absolute Gasteiger partial charge is 0.295 e. The third-order valence-corrected chi connectivity index (χ3v) is 6.73. The second-order valence-corrected chi connectivity index (χ2v) is 8.52. The van der Waals surface area contributed by atoms with Crippen LogP contribution < -0.4 is 4.72 Å². The Morgan fingerprint density at radius 1 is 1.22 bits per heavy atom. The molecule has 2 heterocycles. The van der Waals surface area contributed by atoms with E-state index in [0.29, 0.717) is 6.54 Å². The SMILES string of the molecule is O=S(=O)(NCC(c1ccsc1)N1CCCC1)c1ccccc1Cl. The highest BCUT2D eigenvalue weighted by Crippen LogP contribution is 2.27. The van der Waals surface area contributed by atoms with Crippen LogP contribution in [0.3, 0.4) is 0 Å². The minimum Gasteiger partial charge on any atom is -0.295 e. The molecule has 124 valence electrons. The molecule has 0 spiro atoms. The van der Waals surface area contributed by atoms with Gasteiger partial charge in [0, 0.05) is 12.6 Å². The fourth-order valence-electron chi connectivity index (χ4n) is 2.90. The molecule has 2 aromatic rings. The maximum Gasteiger partial charge on any atom is 0.242 e. The normalized spacial score (nSPS) is 17.4. The maximum absolute atomic E-state index is 12.5. The van der Waals surface area contributed by atoms with Crippen molar-refractivity contribution in [3.05, 3.63) is 51.7 Å². The molecule has 23 heavy (non-hydrogen) atoms. The van der Waals surface area contributed by atoms with Crippen molar-refractivity contribution in [1.29, 1.82) is 0 Å². The summed E-state index contributed by atoms with van der Waals surface area (Å²) in [5.41, 5.74) is 1.17. The summed E-state index contributed by atoms with van der Waals surface area (Å²) in [5, 5.41) is 4.36. The summed E-state index contributed by atoms with van der Waals surface area (Å²) in [7, 11) is -3.61. The van der Waals surface area contributed by atoms with Crippen molar-refractivity contribution in [3.63, 3.8) is 0 Å². The van der Waals surface area contributed by atoms with Crippen LogP contribution in [0.5, 0.6) is 0 Å². The van der Waals surface area contributed by atoms with E-state index in [1.54, 1.807) is 29.5 Å². The number of sulfonamides is 1. The lowest BCUT2D eigenvalue weighted by Crippen LogP contribution is -2.36. The number of hydrogen-bond donors (Lipinski definition) is 1. The first kappa shape index (κ1) is 16.9. The van der Waals surface area contributed by atoms with E-state index >= 15 is 0 Å². The molecule has 3 rings (SSSR count). The predicted molar refractivity (Wildman–Crippen MR) is 94.5 cm³/mol. The average Bonchev–Trinajstić information content (AvgIpc) is 3.21. The van der Waals surface area contributed by atoms with Crippen molar-refractivity contribution in [3.8, 4) is 0 Å². The third kappa shape index (κ3) is 3.95. The molecule has 1 aromatic carbocycles. The van der Waals surface area contributed by atoms with Gasteiger partial charge in [-0.2, -0.15) is 11.3 Å². The van der Waals surface area contributed by atoms with Gasteiger partial charge in [-0.25, -0.2) is 13.1 Å². The van der Waals surface area contributed by atoms with Gasteiger partial charge in [-0.15, -0.1) is 0 Å². The van der Waals surface area contributed by atoms with Gasteiger partial charge < -0.3 is 0 Å². The second-order valence-electron chi connectivity index (χ2n) is 5.60. The molecule has 1 saturated heterocycles. The lowest BCUT2D eigenvalue weighted by atomic mass is 10.1. The summed E-state index contributed by atoms with van der Waals surface area (Å²) in [6.45, 7) is 2.37. The number of likely N-dealkylation sites (tertiary alicyclic amines) is 1. The van der Waals surface area contributed by atoms with Crippen LogP contribution in [0, 0.1) is 0 Å². The Balaban J connectivity index is 1.77. The lowest BCUT2D eigenvalue weighted by Gasteiger charge is -2.27. The highest BCUT2D eigenvalue weighted by molar-refractivity contribution is 7.89. The van der Waals surface area contributed by atoms with Crippen LogP contribution in [0.2, 0.25) is 5.02 Å². The molecular formula is C16H19ClN2O2S2. The molecule has 0 aliphatic carbocycles. The Kier molecular flexibility index (Phi) is 5.38. The molecule has 0 radical (unpaired) electrons. The molecule has 1 fully saturated rings. The van der Waals surface area contributed by atoms with Crippen LogP contribution >= 0.6 is 22.9 Å². The summed E-state index contributed by atoms with van der Waals surface area (Å²) >= 11 is 7.66. The van der Waals surface area contributed by atoms with Crippen LogP contribution in [-0.2, 0) is 10.0 Å². The van der Waals surface area contributed by atoms with Gasteiger partial charge >= 0.3 is 0 Å². The summed E-state index contributed by atoms with van der Waals surface area (Å²) in [4.78, 5) is 2.48. The molecule has 0 amide bonds. The van der Waals surface area contributed by atoms with Crippen LogP contribution in [0.15, 0.2) is 46.0 Å². The molecule has 4 nitrogen and oxygen atoms in total. The van der Waals surface area contributed by atoms with Gasteiger partial charge in [-0.1, -0.05) is 23.7 Å². The third-order valence-electron chi connectivity index (χ3n) is 4.10. The molecule has 1 unspecified atom stereocenters. The highest BCUT2D eigenvalue weighted by Gasteiger charge is 2.26. The second kappa shape index (κ2) is 7.32. The number of hydrogen-bond acceptors (Lipinski definition) is 4. The Morgan fingerprint density at radius 2 is 1.96 bits per heavy atom. The zero-order valence-corrected chi connectivity index (χ0v) is 15.0. The van der Waals surface area contributed by atoms with E-state index < -0.39 is 10.0 Å². The summed E-state index contributed by atoms with van der Waals surface area (Å²) < 4.78 is 27.8. The van der Waals surface area contributed by atoms with E-state index in [0.717, 1.165) is 25.9 Å². The summed E-state index contributed by atoms with van der Waals surface area (Å²) in [5.74, 6) is 0. The molecule has 0 saturated carbocycles. The van der Waals surface area contributed by atoms with Gasteiger partial charge in [0.15, 0.2) is 0 Å². The summed E-state index contributed by atoms with van der Waals surface area (Å²) in [6, 6.07) is 8.66. The molecule has 1 aliphatic heterocycles. The van der Waals surface area contributed by atoms with Gasteiger partial charge in [-0.05, 0) is 60.5 Å². The minimum atomic E-state index is -3.61. The lowest BCUT2D eigenvalue weighted by molar-refractivity contribution is 0.247. The maximum atomic E-state index is 12.5. The quantitative estimate of drug-likeness (QED) is 0.846. The Hall–Kier alpha value is -0.920. The topological polar surface area (TPSA) is 49.4 Å². The van der Waals surface area contributed by atoms with Crippen LogP contribution in [0.25, 0.3) is 0 Å². The monoisotopic (exact) mass is 370 g/mol. The number of benzene rings is 1. The first-order valence-electron chi connectivity index (χ1n) is 7.58. The molecule has 1 atom stereocenters. The van der Waals surface area contributed by atoms with Crippen LogP contribution in [-0.4, -0.2) is 33.0 Å². The molecule has 1 aliphatic rings. The van der Waals surface area contributed by atoms with E-state index in [9.17, 15) is 8.42 Å². The fraction of sp³-hybridized carbons (Fsp3) is 0.375. The number of halogens is 1.